The van der Waals surface area contributed by atoms with Crippen LogP contribution in [0.25, 0.3) is 0 Å². The quantitative estimate of drug-likeness (QED) is 0.927. The molecule has 0 saturated carbocycles. The number of carboxylic acid groups (broad SMARTS) is 1. The fourth-order valence-corrected chi connectivity index (χ4v) is 2.78. The van der Waals surface area contributed by atoms with Crippen molar-refractivity contribution in [2.45, 2.75) is 26.3 Å². The van der Waals surface area contributed by atoms with Gasteiger partial charge in [-0.2, -0.15) is 0 Å². The number of nitrogens with zero attached hydrogens (tertiary/aromatic N) is 1. The molecule has 0 radical (unpaired) electrons. The maximum absolute atomic E-state index is 11.9. The first-order chi connectivity index (χ1) is 8.95. The molecule has 2 rings (SSSR count). The summed E-state index contributed by atoms with van der Waals surface area (Å²) in [5.41, 5.74) is 1.72. The number of benzene rings is 1. The Morgan fingerprint density at radius 3 is 2.74 bits per heavy atom. The van der Waals surface area contributed by atoms with Gasteiger partial charge in [0.25, 0.3) is 0 Å². The molecule has 0 aromatic heterocycles. The summed E-state index contributed by atoms with van der Waals surface area (Å²) in [7, 11) is 0. The minimum atomic E-state index is -0.939. The van der Waals surface area contributed by atoms with E-state index in [9.17, 15) is 14.7 Å². The lowest BCUT2D eigenvalue weighted by molar-refractivity contribution is -0.142. The second-order valence-electron chi connectivity index (χ2n) is 4.78. The highest BCUT2D eigenvalue weighted by Gasteiger charge is 2.43. The number of halogens is 1. The predicted octanol–water partition coefficient (Wildman–Crippen LogP) is 2.64. The van der Waals surface area contributed by atoms with Crippen LogP contribution < -0.4 is 0 Å². The summed E-state index contributed by atoms with van der Waals surface area (Å²) in [6.45, 7) is 4.24. The minimum Gasteiger partial charge on any atom is -0.481 e. The van der Waals surface area contributed by atoms with Crippen LogP contribution in [0.2, 0.25) is 5.02 Å². The molecule has 0 bridgehead atoms. The summed E-state index contributed by atoms with van der Waals surface area (Å²) in [5, 5.41) is 9.88. The number of hydrogen-bond acceptors (Lipinski definition) is 2. The topological polar surface area (TPSA) is 57.6 Å². The lowest BCUT2D eigenvalue weighted by atomic mass is 9.93. The highest BCUT2D eigenvalue weighted by molar-refractivity contribution is 6.31. The summed E-state index contributed by atoms with van der Waals surface area (Å²) in [4.78, 5) is 24.8. The normalized spacial score (nSPS) is 22.9. The van der Waals surface area contributed by atoms with Gasteiger partial charge in [-0.1, -0.05) is 23.7 Å². The molecular formula is C14H16ClNO3. The molecule has 2 unspecified atom stereocenters. The molecular weight excluding hydrogens is 266 g/mol. The van der Waals surface area contributed by atoms with Crippen LogP contribution in [-0.4, -0.2) is 28.4 Å². The van der Waals surface area contributed by atoms with Crippen LogP contribution in [0.1, 0.15) is 30.5 Å². The van der Waals surface area contributed by atoms with Gasteiger partial charge in [0.15, 0.2) is 0 Å². The molecule has 2 atom stereocenters. The number of amides is 1. The fraction of sp³-hybridized carbons (Fsp3) is 0.429. The van der Waals surface area contributed by atoms with E-state index >= 15 is 0 Å². The highest BCUT2D eigenvalue weighted by atomic mass is 35.5. The van der Waals surface area contributed by atoms with E-state index in [-0.39, 0.29) is 12.3 Å². The zero-order valence-electron chi connectivity index (χ0n) is 10.9. The van der Waals surface area contributed by atoms with Crippen molar-refractivity contribution >= 4 is 23.5 Å². The summed E-state index contributed by atoms with van der Waals surface area (Å²) < 4.78 is 0. The van der Waals surface area contributed by atoms with Crippen molar-refractivity contribution in [3.63, 3.8) is 0 Å². The molecule has 1 amide bonds. The Morgan fingerprint density at radius 1 is 1.53 bits per heavy atom. The zero-order chi connectivity index (χ0) is 14.2. The van der Waals surface area contributed by atoms with Crippen LogP contribution in [0.15, 0.2) is 18.2 Å². The Hall–Kier alpha value is -1.55. The molecule has 1 heterocycles. The van der Waals surface area contributed by atoms with E-state index in [1.165, 1.54) is 0 Å². The maximum atomic E-state index is 11.9. The molecule has 1 aromatic carbocycles. The predicted molar refractivity (Wildman–Crippen MR) is 72.1 cm³/mol. The summed E-state index contributed by atoms with van der Waals surface area (Å²) >= 11 is 6.10. The Kier molecular flexibility index (Phi) is 3.80. The molecule has 0 aliphatic carbocycles. The number of carboxylic acids is 1. The van der Waals surface area contributed by atoms with Gasteiger partial charge in [0, 0.05) is 18.0 Å². The lowest BCUT2D eigenvalue weighted by Gasteiger charge is -2.26. The zero-order valence-corrected chi connectivity index (χ0v) is 11.6. The van der Waals surface area contributed by atoms with E-state index in [0.29, 0.717) is 11.6 Å². The van der Waals surface area contributed by atoms with Crippen LogP contribution in [0.4, 0.5) is 0 Å². The van der Waals surface area contributed by atoms with Gasteiger partial charge in [0.1, 0.15) is 0 Å². The van der Waals surface area contributed by atoms with Crippen LogP contribution in [-0.2, 0) is 9.59 Å². The molecule has 4 nitrogen and oxygen atoms in total. The number of carbonyl (C=O) groups excluding carboxylic acids is 1. The first-order valence-electron chi connectivity index (χ1n) is 6.24. The monoisotopic (exact) mass is 281 g/mol. The lowest BCUT2D eigenvalue weighted by Crippen LogP contribution is -2.30. The molecule has 1 aliphatic rings. The number of carbonyl (C=O) groups is 2. The summed E-state index contributed by atoms with van der Waals surface area (Å²) in [6, 6.07) is 5.04. The van der Waals surface area contributed by atoms with Gasteiger partial charge in [-0.15, -0.1) is 0 Å². The Bertz CT molecular complexity index is 529. The number of aryl methyl sites for hydroxylation is 1. The average molecular weight is 282 g/mol. The van der Waals surface area contributed by atoms with E-state index in [4.69, 9.17) is 11.6 Å². The van der Waals surface area contributed by atoms with Crippen LogP contribution >= 0.6 is 11.6 Å². The molecule has 1 aromatic rings. The van der Waals surface area contributed by atoms with E-state index in [1.807, 2.05) is 26.0 Å². The van der Waals surface area contributed by atoms with Crippen molar-refractivity contribution < 1.29 is 14.7 Å². The van der Waals surface area contributed by atoms with Crippen molar-refractivity contribution in [1.82, 2.24) is 4.90 Å². The smallest absolute Gasteiger partial charge is 0.309 e. The third kappa shape index (κ3) is 2.45. The van der Waals surface area contributed by atoms with E-state index in [2.05, 4.69) is 0 Å². The van der Waals surface area contributed by atoms with Gasteiger partial charge < -0.3 is 10.0 Å². The van der Waals surface area contributed by atoms with Gasteiger partial charge in [0.2, 0.25) is 5.91 Å². The third-order valence-electron chi connectivity index (χ3n) is 3.63. The fourth-order valence-electron chi connectivity index (χ4n) is 2.59. The molecule has 1 aliphatic heterocycles. The summed E-state index contributed by atoms with van der Waals surface area (Å²) in [6.07, 6.45) is 0.0549. The largest absolute Gasteiger partial charge is 0.481 e. The van der Waals surface area contributed by atoms with Crippen LogP contribution in [0.5, 0.6) is 0 Å². The van der Waals surface area contributed by atoms with Crippen molar-refractivity contribution in [3.05, 3.63) is 34.3 Å². The van der Waals surface area contributed by atoms with Crippen molar-refractivity contribution in [2.75, 3.05) is 6.54 Å². The van der Waals surface area contributed by atoms with E-state index < -0.39 is 17.9 Å². The molecule has 102 valence electrons. The maximum Gasteiger partial charge on any atom is 0.309 e. The molecule has 1 saturated heterocycles. The van der Waals surface area contributed by atoms with Crippen LogP contribution in [0.3, 0.4) is 0 Å². The second kappa shape index (κ2) is 5.21. The standard InChI is InChI=1S/C14H16ClNO3/c1-3-16-12(17)7-10(14(18)19)13(16)9-5-4-8(2)11(15)6-9/h4-6,10,13H,3,7H2,1-2H3,(H,18,19). The van der Waals surface area contributed by atoms with Gasteiger partial charge in [0.05, 0.1) is 12.0 Å². The first-order valence-corrected chi connectivity index (χ1v) is 6.61. The van der Waals surface area contributed by atoms with Crippen molar-refractivity contribution in [3.8, 4) is 0 Å². The second-order valence-corrected chi connectivity index (χ2v) is 5.19. The van der Waals surface area contributed by atoms with Crippen LogP contribution in [0, 0.1) is 12.8 Å². The van der Waals surface area contributed by atoms with Crippen molar-refractivity contribution in [1.29, 1.82) is 0 Å². The molecule has 1 fully saturated rings. The Labute approximate surface area is 117 Å². The molecule has 19 heavy (non-hydrogen) atoms. The van der Waals surface area contributed by atoms with E-state index in [0.717, 1.165) is 11.1 Å². The van der Waals surface area contributed by atoms with Gasteiger partial charge in [-0.25, -0.2) is 0 Å². The third-order valence-corrected chi connectivity index (χ3v) is 4.03. The Morgan fingerprint density at radius 2 is 2.21 bits per heavy atom. The highest BCUT2D eigenvalue weighted by Crippen LogP contribution is 2.39. The minimum absolute atomic E-state index is 0.0549. The van der Waals surface area contributed by atoms with Gasteiger partial charge in [-0.05, 0) is 31.0 Å². The number of likely N-dealkylation sites (tertiary alicyclic amines) is 1. The average Bonchev–Trinajstić information content (AvgIpc) is 2.69. The van der Waals surface area contributed by atoms with Gasteiger partial charge in [-0.3, -0.25) is 9.59 Å². The number of aliphatic carboxylic acids is 1. The van der Waals surface area contributed by atoms with Crippen molar-refractivity contribution in [2.24, 2.45) is 5.92 Å². The molecule has 1 N–H and O–H groups in total. The number of hydrogen-bond donors (Lipinski definition) is 1. The van der Waals surface area contributed by atoms with E-state index in [1.54, 1.807) is 11.0 Å². The first kappa shape index (κ1) is 13.9. The molecule has 5 heteroatoms. The Balaban J connectivity index is 2.45. The SMILES string of the molecule is CCN1C(=O)CC(C(=O)O)C1c1ccc(C)c(Cl)c1. The van der Waals surface area contributed by atoms with Gasteiger partial charge >= 0.3 is 5.97 Å². The summed E-state index contributed by atoms with van der Waals surface area (Å²) in [5.74, 6) is -1.76. The molecule has 0 spiro atoms. The number of rotatable bonds is 3.